The van der Waals surface area contributed by atoms with Crippen LogP contribution in [-0.2, 0) is 4.79 Å². The number of amides is 1. The van der Waals surface area contributed by atoms with Crippen LogP contribution < -0.4 is 14.8 Å². The Morgan fingerprint density at radius 1 is 1.10 bits per heavy atom. The van der Waals surface area contributed by atoms with E-state index < -0.39 is 0 Å². The maximum absolute atomic E-state index is 11.8. The van der Waals surface area contributed by atoms with Crippen molar-refractivity contribution in [2.75, 3.05) is 19.0 Å². The summed E-state index contributed by atoms with van der Waals surface area (Å²) in [5.41, 5.74) is 0.451. The topological polar surface area (TPSA) is 47.6 Å². The van der Waals surface area contributed by atoms with E-state index in [9.17, 15) is 4.79 Å². The minimum Gasteiger partial charge on any atom is -0.497 e. The van der Waals surface area contributed by atoms with Gasteiger partial charge in [-0.1, -0.05) is 23.2 Å². The van der Waals surface area contributed by atoms with E-state index in [-0.39, 0.29) is 12.5 Å². The fourth-order valence-electron chi connectivity index (χ4n) is 1.60. The molecule has 0 radical (unpaired) electrons. The SMILES string of the molecule is COc1ccc(OCC(=O)Nc2cc(Cl)ccc2Cl)cc1. The molecule has 0 aliphatic carbocycles. The lowest BCUT2D eigenvalue weighted by atomic mass is 10.3. The molecule has 4 nitrogen and oxygen atoms in total. The van der Waals surface area contributed by atoms with E-state index in [1.54, 1.807) is 49.6 Å². The molecule has 6 heteroatoms. The average Bonchev–Trinajstić information content (AvgIpc) is 2.49. The molecule has 0 saturated carbocycles. The van der Waals surface area contributed by atoms with Crippen molar-refractivity contribution < 1.29 is 14.3 Å². The third-order valence-electron chi connectivity index (χ3n) is 2.63. The number of hydrogen-bond donors (Lipinski definition) is 1. The smallest absolute Gasteiger partial charge is 0.262 e. The van der Waals surface area contributed by atoms with Crippen LogP contribution in [0.3, 0.4) is 0 Å². The quantitative estimate of drug-likeness (QED) is 0.903. The van der Waals surface area contributed by atoms with E-state index in [2.05, 4.69) is 5.32 Å². The van der Waals surface area contributed by atoms with Crippen LogP contribution in [0.4, 0.5) is 5.69 Å². The second kappa shape index (κ2) is 7.20. The van der Waals surface area contributed by atoms with Gasteiger partial charge in [-0.05, 0) is 42.5 Å². The number of carbonyl (C=O) groups excluding carboxylic acids is 1. The van der Waals surface area contributed by atoms with Crippen molar-refractivity contribution in [1.82, 2.24) is 0 Å². The Bertz CT molecular complexity index is 629. The van der Waals surface area contributed by atoms with Crippen LogP contribution >= 0.6 is 23.2 Å². The van der Waals surface area contributed by atoms with Crippen molar-refractivity contribution in [3.05, 3.63) is 52.5 Å². The van der Waals surface area contributed by atoms with Gasteiger partial charge in [-0.2, -0.15) is 0 Å². The zero-order chi connectivity index (χ0) is 15.2. The minimum absolute atomic E-state index is 0.130. The van der Waals surface area contributed by atoms with Gasteiger partial charge in [0.1, 0.15) is 11.5 Å². The monoisotopic (exact) mass is 325 g/mol. The van der Waals surface area contributed by atoms with E-state index >= 15 is 0 Å². The molecule has 2 aromatic carbocycles. The number of carbonyl (C=O) groups is 1. The summed E-state index contributed by atoms with van der Waals surface area (Å²) in [4.78, 5) is 11.8. The lowest BCUT2D eigenvalue weighted by Gasteiger charge is -2.09. The molecule has 0 aromatic heterocycles. The van der Waals surface area contributed by atoms with Crippen molar-refractivity contribution in [3.8, 4) is 11.5 Å². The Labute approximate surface area is 132 Å². The number of anilines is 1. The molecule has 0 saturated heterocycles. The van der Waals surface area contributed by atoms with Crippen LogP contribution in [0.15, 0.2) is 42.5 Å². The standard InChI is InChI=1S/C15H13Cl2NO3/c1-20-11-3-5-12(6-4-11)21-9-15(19)18-14-8-10(16)2-7-13(14)17/h2-8H,9H2,1H3,(H,18,19). The molecule has 0 atom stereocenters. The molecule has 1 N–H and O–H groups in total. The van der Waals surface area contributed by atoms with Gasteiger partial charge in [0.2, 0.25) is 0 Å². The number of methoxy groups -OCH3 is 1. The first-order chi connectivity index (χ1) is 10.1. The first-order valence-electron chi connectivity index (χ1n) is 6.10. The van der Waals surface area contributed by atoms with Gasteiger partial charge in [-0.25, -0.2) is 0 Å². The summed E-state index contributed by atoms with van der Waals surface area (Å²) < 4.78 is 10.4. The highest BCUT2D eigenvalue weighted by Crippen LogP contribution is 2.25. The van der Waals surface area contributed by atoms with E-state index in [4.69, 9.17) is 32.7 Å². The highest BCUT2D eigenvalue weighted by molar-refractivity contribution is 6.35. The van der Waals surface area contributed by atoms with Crippen LogP contribution in [0, 0.1) is 0 Å². The zero-order valence-corrected chi connectivity index (χ0v) is 12.7. The highest BCUT2D eigenvalue weighted by Gasteiger charge is 2.07. The van der Waals surface area contributed by atoms with Crippen molar-refractivity contribution in [2.45, 2.75) is 0 Å². The van der Waals surface area contributed by atoms with Crippen LogP contribution in [-0.4, -0.2) is 19.6 Å². The summed E-state index contributed by atoms with van der Waals surface area (Å²) in [5.74, 6) is 0.968. The summed E-state index contributed by atoms with van der Waals surface area (Å²) in [7, 11) is 1.58. The Balaban J connectivity index is 1.91. The maximum atomic E-state index is 11.8. The molecule has 0 fully saturated rings. The Hall–Kier alpha value is -1.91. The van der Waals surface area contributed by atoms with Crippen LogP contribution in [0.2, 0.25) is 10.0 Å². The second-order valence-corrected chi connectivity index (χ2v) is 4.98. The summed E-state index contributed by atoms with van der Waals surface area (Å²) in [6.07, 6.45) is 0. The van der Waals surface area contributed by atoms with Crippen molar-refractivity contribution in [2.24, 2.45) is 0 Å². The number of rotatable bonds is 5. The van der Waals surface area contributed by atoms with E-state index in [0.717, 1.165) is 5.75 Å². The second-order valence-electron chi connectivity index (χ2n) is 4.14. The minimum atomic E-state index is -0.324. The van der Waals surface area contributed by atoms with E-state index in [1.165, 1.54) is 0 Å². The molecule has 2 aromatic rings. The fraction of sp³-hybridized carbons (Fsp3) is 0.133. The molecular weight excluding hydrogens is 313 g/mol. The van der Waals surface area contributed by atoms with Gasteiger partial charge in [0.25, 0.3) is 5.91 Å². The van der Waals surface area contributed by atoms with Gasteiger partial charge in [0.15, 0.2) is 6.61 Å². The normalized spacial score (nSPS) is 10.0. The summed E-state index contributed by atoms with van der Waals surface area (Å²) in [6.45, 7) is -0.130. The largest absolute Gasteiger partial charge is 0.497 e. The molecule has 110 valence electrons. The Morgan fingerprint density at radius 2 is 1.76 bits per heavy atom. The molecule has 0 bridgehead atoms. The van der Waals surface area contributed by atoms with Crippen molar-refractivity contribution >= 4 is 34.8 Å². The van der Waals surface area contributed by atoms with Gasteiger partial charge in [-0.15, -0.1) is 0 Å². The van der Waals surface area contributed by atoms with Gasteiger partial charge in [-0.3, -0.25) is 4.79 Å². The molecule has 0 heterocycles. The lowest BCUT2D eigenvalue weighted by molar-refractivity contribution is -0.118. The molecule has 0 unspecified atom stereocenters. The summed E-state index contributed by atoms with van der Waals surface area (Å²) >= 11 is 11.8. The average molecular weight is 326 g/mol. The molecule has 21 heavy (non-hydrogen) atoms. The van der Waals surface area contributed by atoms with Crippen LogP contribution in [0.25, 0.3) is 0 Å². The molecular formula is C15H13Cl2NO3. The molecule has 0 aliphatic heterocycles. The van der Waals surface area contributed by atoms with Gasteiger partial charge in [0.05, 0.1) is 17.8 Å². The summed E-state index contributed by atoms with van der Waals surface area (Å²) in [5, 5.41) is 3.54. The summed E-state index contributed by atoms with van der Waals surface area (Å²) in [6, 6.07) is 11.8. The third kappa shape index (κ3) is 4.55. The third-order valence-corrected chi connectivity index (χ3v) is 3.20. The van der Waals surface area contributed by atoms with Crippen LogP contribution in [0.1, 0.15) is 0 Å². The highest BCUT2D eigenvalue weighted by atomic mass is 35.5. The van der Waals surface area contributed by atoms with Crippen molar-refractivity contribution in [1.29, 1.82) is 0 Å². The van der Waals surface area contributed by atoms with E-state index in [0.29, 0.717) is 21.5 Å². The molecule has 0 spiro atoms. The predicted molar refractivity (Wildman–Crippen MR) is 83.6 cm³/mol. The number of halogens is 2. The predicted octanol–water partition coefficient (Wildman–Crippen LogP) is 4.02. The van der Waals surface area contributed by atoms with Gasteiger partial charge in [0, 0.05) is 5.02 Å². The number of nitrogens with one attached hydrogen (secondary N) is 1. The zero-order valence-electron chi connectivity index (χ0n) is 11.2. The van der Waals surface area contributed by atoms with Crippen LogP contribution in [0.5, 0.6) is 11.5 Å². The number of hydrogen-bond acceptors (Lipinski definition) is 3. The van der Waals surface area contributed by atoms with E-state index in [1.807, 2.05) is 0 Å². The molecule has 0 aliphatic rings. The van der Waals surface area contributed by atoms with Gasteiger partial charge < -0.3 is 14.8 Å². The Kier molecular flexibility index (Phi) is 5.31. The molecule has 2 rings (SSSR count). The van der Waals surface area contributed by atoms with Crippen molar-refractivity contribution in [3.63, 3.8) is 0 Å². The van der Waals surface area contributed by atoms with Gasteiger partial charge >= 0.3 is 0 Å². The fourth-order valence-corrected chi connectivity index (χ4v) is 1.94. The lowest BCUT2D eigenvalue weighted by Crippen LogP contribution is -2.20. The first-order valence-corrected chi connectivity index (χ1v) is 6.86. The number of benzene rings is 2. The first kappa shape index (κ1) is 15.5. The maximum Gasteiger partial charge on any atom is 0.262 e. The Morgan fingerprint density at radius 3 is 2.43 bits per heavy atom. The molecule has 1 amide bonds. The number of ether oxygens (including phenoxy) is 2.